The Labute approximate surface area is 109 Å². The molecule has 7 nitrogen and oxygen atoms in total. The molecule has 1 aromatic rings. The van der Waals surface area contributed by atoms with E-state index in [9.17, 15) is 22.9 Å². The van der Waals surface area contributed by atoms with Crippen LogP contribution in [0.2, 0.25) is 0 Å². The van der Waals surface area contributed by atoms with Gasteiger partial charge < -0.3 is 5.73 Å². The van der Waals surface area contributed by atoms with Crippen LogP contribution in [0.1, 0.15) is 6.42 Å². The maximum Gasteiger partial charge on any atom is 0.272 e. The molecule has 104 valence electrons. The SMILES string of the molecule is N[C@H]1CCN(S(=O)(=O)c2ccc([N+](=O)[O-])cc2F)C1. The van der Waals surface area contributed by atoms with Crippen molar-refractivity contribution < 1.29 is 17.7 Å². The predicted octanol–water partition coefficient (Wildman–Crippen LogP) is 0.456. The second-order valence-electron chi connectivity index (χ2n) is 4.28. The van der Waals surface area contributed by atoms with E-state index in [0.717, 1.165) is 16.4 Å². The first-order valence-corrected chi connectivity index (χ1v) is 6.96. The quantitative estimate of drug-likeness (QED) is 0.642. The zero-order chi connectivity index (χ0) is 14.2. The standard InChI is InChI=1S/C10H12FN3O4S/c11-9-5-8(14(15)16)1-2-10(9)19(17,18)13-4-3-7(12)6-13/h1-2,5,7H,3-4,6,12H2/t7-/m0/s1. The summed E-state index contributed by atoms with van der Waals surface area (Å²) in [4.78, 5) is 9.13. The summed E-state index contributed by atoms with van der Waals surface area (Å²) < 4.78 is 39.1. The largest absolute Gasteiger partial charge is 0.326 e. The Bertz CT molecular complexity index is 619. The van der Waals surface area contributed by atoms with Crippen LogP contribution in [-0.2, 0) is 10.0 Å². The van der Waals surface area contributed by atoms with E-state index >= 15 is 0 Å². The minimum Gasteiger partial charge on any atom is -0.326 e. The Morgan fingerprint density at radius 3 is 2.63 bits per heavy atom. The highest BCUT2D eigenvalue weighted by molar-refractivity contribution is 7.89. The topological polar surface area (TPSA) is 107 Å². The van der Waals surface area contributed by atoms with Crippen LogP contribution in [0.3, 0.4) is 0 Å². The van der Waals surface area contributed by atoms with Gasteiger partial charge >= 0.3 is 0 Å². The molecule has 19 heavy (non-hydrogen) atoms. The maximum absolute atomic E-state index is 13.7. The number of hydrogen-bond acceptors (Lipinski definition) is 5. The van der Waals surface area contributed by atoms with Gasteiger partial charge in [-0.1, -0.05) is 0 Å². The van der Waals surface area contributed by atoms with Crippen molar-refractivity contribution in [1.29, 1.82) is 0 Å². The van der Waals surface area contributed by atoms with Gasteiger partial charge in [0, 0.05) is 25.2 Å². The van der Waals surface area contributed by atoms with Gasteiger partial charge in [0.05, 0.1) is 11.0 Å². The molecule has 0 amide bonds. The third-order valence-electron chi connectivity index (χ3n) is 2.93. The van der Waals surface area contributed by atoms with Gasteiger partial charge in [0.1, 0.15) is 10.7 Å². The molecule has 1 heterocycles. The van der Waals surface area contributed by atoms with Gasteiger partial charge in [-0.2, -0.15) is 4.31 Å². The third-order valence-corrected chi connectivity index (χ3v) is 4.83. The Morgan fingerprint density at radius 2 is 2.16 bits per heavy atom. The molecule has 1 atom stereocenters. The molecule has 0 spiro atoms. The monoisotopic (exact) mass is 289 g/mol. The highest BCUT2D eigenvalue weighted by atomic mass is 32.2. The average molecular weight is 289 g/mol. The van der Waals surface area contributed by atoms with Crippen molar-refractivity contribution in [2.75, 3.05) is 13.1 Å². The first kappa shape index (κ1) is 13.8. The lowest BCUT2D eigenvalue weighted by atomic mass is 10.3. The number of nitrogens with zero attached hydrogens (tertiary/aromatic N) is 2. The second-order valence-corrected chi connectivity index (χ2v) is 6.19. The highest BCUT2D eigenvalue weighted by Gasteiger charge is 2.33. The molecule has 0 saturated carbocycles. The number of nitro groups is 1. The van der Waals surface area contributed by atoms with E-state index in [1.54, 1.807) is 0 Å². The maximum atomic E-state index is 13.7. The summed E-state index contributed by atoms with van der Waals surface area (Å²) >= 11 is 0. The minimum absolute atomic E-state index is 0.124. The summed E-state index contributed by atoms with van der Waals surface area (Å²) in [6.07, 6.45) is 0.508. The lowest BCUT2D eigenvalue weighted by Crippen LogP contribution is -2.32. The van der Waals surface area contributed by atoms with Crippen molar-refractivity contribution in [3.8, 4) is 0 Å². The van der Waals surface area contributed by atoms with Crippen LogP contribution in [0.15, 0.2) is 23.1 Å². The molecule has 2 rings (SSSR count). The molecule has 0 aromatic heterocycles. The van der Waals surface area contributed by atoms with Gasteiger partial charge in [-0.15, -0.1) is 0 Å². The fourth-order valence-electron chi connectivity index (χ4n) is 1.92. The Kier molecular flexibility index (Phi) is 3.52. The van der Waals surface area contributed by atoms with E-state index in [4.69, 9.17) is 5.73 Å². The number of non-ortho nitro benzene ring substituents is 1. The van der Waals surface area contributed by atoms with Gasteiger partial charge in [0.25, 0.3) is 5.69 Å². The smallest absolute Gasteiger partial charge is 0.272 e. The summed E-state index contributed by atoms with van der Waals surface area (Å²) in [6.45, 7) is 0.346. The Morgan fingerprint density at radius 1 is 1.47 bits per heavy atom. The minimum atomic E-state index is -3.99. The lowest BCUT2D eigenvalue weighted by molar-refractivity contribution is -0.385. The molecule has 0 unspecified atom stereocenters. The highest BCUT2D eigenvalue weighted by Crippen LogP contribution is 2.25. The van der Waals surface area contributed by atoms with Crippen LogP contribution in [0.4, 0.5) is 10.1 Å². The molecule has 1 saturated heterocycles. The molecular formula is C10H12FN3O4S. The number of rotatable bonds is 3. The molecule has 0 bridgehead atoms. The molecule has 2 N–H and O–H groups in total. The molecule has 0 radical (unpaired) electrons. The Balaban J connectivity index is 2.38. The molecule has 1 aromatic carbocycles. The van der Waals surface area contributed by atoms with Crippen LogP contribution < -0.4 is 5.73 Å². The fourth-order valence-corrected chi connectivity index (χ4v) is 3.48. The van der Waals surface area contributed by atoms with Gasteiger partial charge in [-0.25, -0.2) is 12.8 Å². The van der Waals surface area contributed by atoms with Crippen LogP contribution >= 0.6 is 0 Å². The first-order valence-electron chi connectivity index (χ1n) is 5.52. The van der Waals surface area contributed by atoms with Crippen LogP contribution in [-0.4, -0.2) is 36.8 Å². The van der Waals surface area contributed by atoms with Gasteiger partial charge in [0.15, 0.2) is 0 Å². The van der Waals surface area contributed by atoms with Crippen molar-refractivity contribution in [3.05, 3.63) is 34.1 Å². The van der Waals surface area contributed by atoms with Crippen molar-refractivity contribution in [2.24, 2.45) is 5.73 Å². The third kappa shape index (κ3) is 2.57. The molecule has 0 aliphatic carbocycles. The number of halogens is 1. The van der Waals surface area contributed by atoms with E-state index in [2.05, 4.69) is 0 Å². The summed E-state index contributed by atoms with van der Waals surface area (Å²) in [6, 6.07) is 2.21. The van der Waals surface area contributed by atoms with E-state index in [1.165, 1.54) is 0 Å². The van der Waals surface area contributed by atoms with Gasteiger partial charge in [0.2, 0.25) is 10.0 Å². The van der Waals surface area contributed by atoms with Crippen molar-refractivity contribution in [1.82, 2.24) is 4.31 Å². The molecule has 1 aliphatic rings. The summed E-state index contributed by atoms with van der Waals surface area (Å²) in [5.74, 6) is -1.13. The lowest BCUT2D eigenvalue weighted by Gasteiger charge is -2.16. The van der Waals surface area contributed by atoms with Crippen LogP contribution in [0.5, 0.6) is 0 Å². The molecule has 9 heteroatoms. The Hall–Kier alpha value is -1.58. The van der Waals surface area contributed by atoms with Crippen LogP contribution in [0.25, 0.3) is 0 Å². The number of benzene rings is 1. The van der Waals surface area contributed by atoms with Crippen LogP contribution in [0, 0.1) is 15.9 Å². The van der Waals surface area contributed by atoms with Crippen molar-refractivity contribution >= 4 is 15.7 Å². The first-order chi connectivity index (χ1) is 8.82. The number of hydrogen-bond donors (Lipinski definition) is 1. The fraction of sp³-hybridized carbons (Fsp3) is 0.400. The number of sulfonamides is 1. The second kappa shape index (κ2) is 4.83. The molecule has 1 fully saturated rings. The zero-order valence-electron chi connectivity index (χ0n) is 9.82. The summed E-state index contributed by atoms with van der Waals surface area (Å²) in [7, 11) is -3.99. The normalized spacial score (nSPS) is 20.6. The summed E-state index contributed by atoms with van der Waals surface area (Å²) in [5.41, 5.74) is 5.12. The van der Waals surface area contributed by atoms with Crippen molar-refractivity contribution in [3.63, 3.8) is 0 Å². The predicted molar refractivity (Wildman–Crippen MR) is 64.4 cm³/mol. The summed E-state index contributed by atoms with van der Waals surface area (Å²) in [5, 5.41) is 10.5. The molecular weight excluding hydrogens is 277 g/mol. The molecule has 1 aliphatic heterocycles. The number of nitro benzene ring substituents is 1. The van der Waals surface area contributed by atoms with Crippen molar-refractivity contribution in [2.45, 2.75) is 17.4 Å². The zero-order valence-corrected chi connectivity index (χ0v) is 10.6. The average Bonchev–Trinajstić information content (AvgIpc) is 2.76. The van der Waals surface area contributed by atoms with Gasteiger partial charge in [-0.3, -0.25) is 10.1 Å². The van der Waals surface area contributed by atoms with E-state index in [-0.39, 0.29) is 19.1 Å². The van der Waals surface area contributed by atoms with E-state index < -0.39 is 31.3 Å². The van der Waals surface area contributed by atoms with E-state index in [1.807, 2.05) is 0 Å². The van der Waals surface area contributed by atoms with Gasteiger partial charge in [-0.05, 0) is 12.5 Å². The number of nitrogens with two attached hydrogens (primary N) is 1. The van der Waals surface area contributed by atoms with E-state index in [0.29, 0.717) is 12.5 Å².